The highest BCUT2D eigenvalue weighted by Crippen LogP contribution is 2.37. The monoisotopic (exact) mass is 1430 g/mol. The Morgan fingerprint density at radius 3 is 0.511 bits per heavy atom. The van der Waals surface area contributed by atoms with Gasteiger partial charge in [-0.2, -0.15) is 63.2 Å². The van der Waals surface area contributed by atoms with Crippen molar-refractivity contribution < 1.29 is 123 Å². The molecule has 0 saturated carbocycles. The van der Waals surface area contributed by atoms with Crippen molar-refractivity contribution in [3.8, 4) is 11.6 Å². The number of nitrogens with zero attached hydrogens (tertiary/aromatic N) is 10. The van der Waals surface area contributed by atoms with E-state index < -0.39 is 78.3 Å². The third kappa shape index (κ3) is 21.2. The highest BCUT2D eigenvalue weighted by Gasteiger charge is 2.48. The first-order valence-corrected chi connectivity index (χ1v) is 35.1. The quantitative estimate of drug-likeness (QED) is 0.0420. The molecular formula is C50H80F12N10O12P2S4. The Balaban J connectivity index is 0. The molecule has 4 aromatic rings. The summed E-state index contributed by atoms with van der Waals surface area (Å²) in [6.45, 7) is 53.1. The van der Waals surface area contributed by atoms with Crippen LogP contribution in [0.5, 0.6) is 0 Å². The van der Waals surface area contributed by atoms with Gasteiger partial charge in [0.05, 0.1) is 48.3 Å². The minimum atomic E-state index is -6.09. The molecule has 520 valence electrons. The molecule has 0 aliphatic carbocycles. The summed E-state index contributed by atoms with van der Waals surface area (Å²) in [4.78, 5) is 0. The summed E-state index contributed by atoms with van der Waals surface area (Å²) < 4.78 is 255. The Morgan fingerprint density at radius 2 is 0.444 bits per heavy atom. The van der Waals surface area contributed by atoms with Gasteiger partial charge < -0.3 is 18.2 Å². The Morgan fingerprint density at radius 1 is 0.333 bits per heavy atom. The van der Waals surface area contributed by atoms with Crippen LogP contribution >= 0.6 is 15.8 Å². The molecule has 4 aromatic heterocycles. The van der Waals surface area contributed by atoms with Gasteiger partial charge in [0, 0.05) is 55.4 Å². The molecule has 0 radical (unpaired) electrons. The van der Waals surface area contributed by atoms with Crippen molar-refractivity contribution >= 4 is 78.6 Å². The predicted molar refractivity (Wildman–Crippen MR) is 306 cm³/mol. The van der Waals surface area contributed by atoms with Crippen molar-refractivity contribution in [1.29, 1.82) is 10.5 Å². The van der Waals surface area contributed by atoms with Crippen LogP contribution in [0.2, 0.25) is 0 Å². The predicted octanol–water partition coefficient (Wildman–Crippen LogP) is 8.88. The van der Waals surface area contributed by atoms with Crippen molar-refractivity contribution in [3.05, 3.63) is 45.6 Å². The SMILES string of the molecule is Cc1c(C)[n+](C(C)C)c(P(C#N)c2n(C(C)C)c(C)c(C)[n+]2C(C)C)n1C(C)C.Cc1c(C)[n+](C(C)C)c(P(C#N)c2n(C(C)C)c(C)c(C)[n+]2C(C)C)n1C(C)C.O=S(=O)([O-])C(F)(F)F.O=S(=O)([O-])C(F)(F)F.O=S(=O)([O-])C(F)(F)F.O=S(=O)([O-])C(F)(F)F. The minimum absolute atomic E-state index is 0.305. The fraction of sp³-hybridized carbons (Fsp3) is 0.720. The van der Waals surface area contributed by atoms with Crippen LogP contribution in [0, 0.1) is 77.5 Å². The topological polar surface area (TPSA) is 312 Å². The molecule has 0 aliphatic heterocycles. The highest BCUT2D eigenvalue weighted by molar-refractivity contribution is 7.87. The van der Waals surface area contributed by atoms with Crippen LogP contribution in [0.25, 0.3) is 0 Å². The van der Waals surface area contributed by atoms with E-state index in [4.69, 9.17) is 51.9 Å². The van der Waals surface area contributed by atoms with E-state index in [1.54, 1.807) is 0 Å². The normalized spacial score (nSPS) is 12.9. The smallest absolute Gasteiger partial charge is 0.485 e. The summed E-state index contributed by atoms with van der Waals surface area (Å²) in [6.07, 6.45) is 0. The lowest BCUT2D eigenvalue weighted by Crippen LogP contribution is -2.58. The molecule has 22 nitrogen and oxygen atoms in total. The minimum Gasteiger partial charge on any atom is -0.741 e. The molecule has 0 aromatic carbocycles. The number of imidazole rings is 4. The maximum Gasteiger partial charge on any atom is 0.485 e. The second kappa shape index (κ2) is 32.1. The molecule has 0 N–H and O–H groups in total. The zero-order valence-electron chi connectivity index (χ0n) is 54.1. The van der Waals surface area contributed by atoms with Gasteiger partial charge in [0.1, 0.15) is 57.2 Å². The summed E-state index contributed by atoms with van der Waals surface area (Å²) in [5.74, 6) is 5.56. The lowest BCUT2D eigenvalue weighted by Gasteiger charge is -2.16. The Hall–Kier alpha value is -4.52. The maximum atomic E-state index is 10.7. The van der Waals surface area contributed by atoms with Gasteiger partial charge in [0.2, 0.25) is 15.8 Å². The summed E-state index contributed by atoms with van der Waals surface area (Å²) in [6, 6.07) is 2.44. The summed E-state index contributed by atoms with van der Waals surface area (Å²) in [5, 5.41) is 21.2. The van der Waals surface area contributed by atoms with Crippen LogP contribution in [0.3, 0.4) is 0 Å². The molecule has 0 fully saturated rings. The van der Waals surface area contributed by atoms with Crippen LogP contribution in [-0.4, -0.2) is 92.2 Å². The van der Waals surface area contributed by atoms with Gasteiger partial charge in [-0.05, 0) is 111 Å². The third-order valence-electron chi connectivity index (χ3n) is 13.0. The van der Waals surface area contributed by atoms with E-state index >= 15 is 0 Å². The second-order valence-corrected chi connectivity index (χ2v) is 30.9. The van der Waals surface area contributed by atoms with Gasteiger partial charge in [0.25, 0.3) is 0 Å². The van der Waals surface area contributed by atoms with Crippen molar-refractivity contribution in [2.24, 2.45) is 0 Å². The van der Waals surface area contributed by atoms with Gasteiger partial charge in [-0.1, -0.05) is 0 Å². The van der Waals surface area contributed by atoms with Gasteiger partial charge in [-0.3, -0.25) is 0 Å². The van der Waals surface area contributed by atoms with Crippen LogP contribution in [0.4, 0.5) is 52.7 Å². The van der Waals surface area contributed by atoms with Crippen LogP contribution in [-0.2, 0) is 40.5 Å². The molecular weight excluding hydrogens is 1350 g/mol. The largest absolute Gasteiger partial charge is 0.741 e. The van der Waals surface area contributed by atoms with Gasteiger partial charge in [-0.15, -0.1) is 0 Å². The van der Waals surface area contributed by atoms with Gasteiger partial charge in [-0.25, -0.2) is 70.2 Å². The fourth-order valence-corrected chi connectivity index (χ4v) is 14.7. The Bertz CT molecular complexity index is 3100. The molecule has 0 bridgehead atoms. The van der Waals surface area contributed by atoms with Crippen molar-refractivity contribution in [2.75, 3.05) is 0 Å². The first kappa shape index (κ1) is 87.5. The third-order valence-corrected chi connectivity index (χ3v) is 19.0. The standard InChI is InChI=1S/2C23H40N5P.4CHF3O3S/c2*1-14(2)25-18(9)19(10)26(15(3)4)22(25)29(13-24)23-27(16(5)6)20(11)21(12)28(23)17(7)8;4*2-1(3,4)8(5,6)7/h2*14-17H,1-12H3;4*(H,5,6,7)/q2*+2;;;;/p-4. The number of hydrogen-bond donors (Lipinski definition) is 0. The van der Waals surface area contributed by atoms with Gasteiger partial charge >= 0.3 is 44.3 Å². The number of halogens is 12. The molecule has 4 rings (SSSR count). The molecule has 4 heterocycles. The van der Waals surface area contributed by atoms with E-state index in [0.717, 1.165) is 22.3 Å². The van der Waals surface area contributed by atoms with E-state index in [2.05, 4.69) is 214 Å². The first-order valence-electron chi connectivity index (χ1n) is 26.8. The fourth-order valence-electron chi connectivity index (χ4n) is 9.22. The molecule has 0 saturated heterocycles. The van der Waals surface area contributed by atoms with E-state index in [-0.39, 0.29) is 0 Å². The summed E-state index contributed by atoms with van der Waals surface area (Å²) in [5.41, 5.74) is -7.83. The van der Waals surface area contributed by atoms with Crippen molar-refractivity contribution in [1.82, 2.24) is 18.3 Å². The lowest BCUT2D eigenvalue weighted by molar-refractivity contribution is -0.708. The summed E-state index contributed by atoms with van der Waals surface area (Å²) >= 11 is 0. The van der Waals surface area contributed by atoms with Crippen LogP contribution < -0.4 is 40.5 Å². The molecule has 0 aliphatic rings. The number of nitriles is 2. The van der Waals surface area contributed by atoms with Crippen LogP contribution in [0.1, 0.15) is 205 Å². The first-order chi connectivity index (χ1) is 39.8. The maximum absolute atomic E-state index is 10.7. The number of hydrogen-bond acceptors (Lipinski definition) is 14. The molecule has 0 atom stereocenters. The van der Waals surface area contributed by atoms with E-state index in [9.17, 15) is 63.2 Å². The van der Waals surface area contributed by atoms with Crippen molar-refractivity contribution in [3.63, 3.8) is 0 Å². The number of aromatic nitrogens is 8. The molecule has 0 spiro atoms. The second-order valence-electron chi connectivity index (χ2n) is 22.1. The Kier molecular flexibility index (Phi) is 31.2. The average Bonchev–Trinajstić information content (AvgIpc) is 1.61. The lowest BCUT2D eigenvalue weighted by atomic mass is 10.3. The molecule has 40 heteroatoms. The number of alkyl halides is 12. The van der Waals surface area contributed by atoms with E-state index in [1.165, 1.54) is 45.6 Å². The zero-order chi connectivity index (χ0) is 72.7. The summed E-state index contributed by atoms with van der Waals surface area (Å²) in [7, 11) is -26.8. The average molecular weight is 1430 g/mol. The molecule has 0 amide bonds. The van der Waals surface area contributed by atoms with Crippen molar-refractivity contribution in [2.45, 2.75) is 237 Å². The molecule has 90 heavy (non-hydrogen) atoms. The molecule has 0 unspecified atom stereocenters. The number of rotatable bonds is 12. The Labute approximate surface area is 521 Å². The van der Waals surface area contributed by atoms with E-state index in [1.807, 2.05) is 0 Å². The van der Waals surface area contributed by atoms with Gasteiger partial charge in [0.15, 0.2) is 40.5 Å². The van der Waals surface area contributed by atoms with Crippen LogP contribution in [0.15, 0.2) is 0 Å². The highest BCUT2D eigenvalue weighted by atomic mass is 32.2. The van der Waals surface area contributed by atoms with E-state index in [0.29, 0.717) is 48.3 Å². The zero-order valence-corrected chi connectivity index (χ0v) is 59.1.